The highest BCUT2D eigenvalue weighted by molar-refractivity contribution is 6.30. The molecular formula is C31H31ClFNO2. The maximum atomic E-state index is 14.7. The number of halogens is 2. The molecule has 0 radical (unpaired) electrons. The van der Waals surface area contributed by atoms with Crippen LogP contribution in [0.5, 0.6) is 0 Å². The molecule has 0 fully saturated rings. The number of carbonyl (C=O) groups excluding carboxylic acids is 1. The maximum absolute atomic E-state index is 14.7. The van der Waals surface area contributed by atoms with E-state index in [9.17, 15) is 9.18 Å². The number of fused-ring (bicyclic) bond motifs is 1. The van der Waals surface area contributed by atoms with E-state index < -0.39 is 0 Å². The predicted octanol–water partition coefficient (Wildman–Crippen LogP) is 8.03. The molecule has 0 heterocycles. The van der Waals surface area contributed by atoms with Crippen molar-refractivity contribution in [3.8, 4) is 11.1 Å². The van der Waals surface area contributed by atoms with Gasteiger partial charge in [-0.1, -0.05) is 54.1 Å². The summed E-state index contributed by atoms with van der Waals surface area (Å²) in [6.45, 7) is 6.40. The number of hydrogen-bond acceptors (Lipinski definition) is 3. The van der Waals surface area contributed by atoms with Crippen LogP contribution in [0.4, 0.5) is 4.39 Å². The Morgan fingerprint density at radius 1 is 0.944 bits per heavy atom. The number of hydrogen-bond donors (Lipinski definition) is 1. The lowest BCUT2D eigenvalue weighted by molar-refractivity contribution is -0.147. The van der Waals surface area contributed by atoms with E-state index in [4.69, 9.17) is 16.3 Å². The van der Waals surface area contributed by atoms with Gasteiger partial charge in [-0.25, -0.2) is 4.39 Å². The van der Waals surface area contributed by atoms with Crippen LogP contribution in [-0.4, -0.2) is 12.1 Å². The molecule has 36 heavy (non-hydrogen) atoms. The van der Waals surface area contributed by atoms with Crippen LogP contribution >= 0.6 is 11.6 Å². The van der Waals surface area contributed by atoms with Crippen LogP contribution in [0.2, 0.25) is 5.02 Å². The Bertz CT molecular complexity index is 1370. The topological polar surface area (TPSA) is 38.3 Å². The lowest BCUT2D eigenvalue weighted by atomic mass is 9.93. The zero-order valence-corrected chi connectivity index (χ0v) is 21.6. The average molecular weight is 504 g/mol. The van der Waals surface area contributed by atoms with Gasteiger partial charge in [0, 0.05) is 24.0 Å². The molecule has 1 unspecified atom stereocenters. The van der Waals surface area contributed by atoms with Crippen molar-refractivity contribution in [2.75, 3.05) is 0 Å². The molecule has 4 aromatic rings. The summed E-state index contributed by atoms with van der Waals surface area (Å²) in [7, 11) is 0. The van der Waals surface area contributed by atoms with Crippen molar-refractivity contribution in [2.24, 2.45) is 0 Å². The molecule has 0 aliphatic rings. The summed E-state index contributed by atoms with van der Waals surface area (Å²) in [5.74, 6) is -0.593. The first-order valence-electron chi connectivity index (χ1n) is 12.3. The summed E-state index contributed by atoms with van der Waals surface area (Å²) in [4.78, 5) is 12.0. The fourth-order valence-corrected chi connectivity index (χ4v) is 4.60. The fourth-order valence-electron chi connectivity index (χ4n) is 4.40. The molecule has 1 N–H and O–H groups in total. The molecule has 0 aliphatic heterocycles. The predicted molar refractivity (Wildman–Crippen MR) is 146 cm³/mol. The molecule has 1 atom stereocenters. The highest BCUT2D eigenvalue weighted by atomic mass is 35.5. The molecule has 0 amide bonds. The fraction of sp³-hybridized carbons (Fsp3) is 0.258. The molecule has 3 nitrogen and oxygen atoms in total. The van der Waals surface area contributed by atoms with Crippen molar-refractivity contribution in [2.45, 2.75) is 52.3 Å². The van der Waals surface area contributed by atoms with Gasteiger partial charge < -0.3 is 10.1 Å². The number of rotatable bonds is 9. The molecule has 0 aliphatic carbocycles. The summed E-state index contributed by atoms with van der Waals surface area (Å²) in [6, 6.07) is 25.4. The Balaban J connectivity index is 1.61. The highest BCUT2D eigenvalue weighted by Gasteiger charge is 2.12. The molecule has 0 saturated carbocycles. The van der Waals surface area contributed by atoms with Crippen LogP contribution in [0.15, 0.2) is 78.9 Å². The summed E-state index contributed by atoms with van der Waals surface area (Å²) in [5, 5.41) is 6.44. The minimum absolute atomic E-state index is 0.116. The second kappa shape index (κ2) is 11.7. The van der Waals surface area contributed by atoms with Gasteiger partial charge in [0.2, 0.25) is 0 Å². The van der Waals surface area contributed by atoms with E-state index in [1.54, 1.807) is 6.07 Å². The van der Waals surface area contributed by atoms with Crippen LogP contribution in [0.25, 0.3) is 21.9 Å². The smallest absolute Gasteiger partial charge is 0.306 e. The largest absolute Gasteiger partial charge is 0.463 e. The van der Waals surface area contributed by atoms with Crippen molar-refractivity contribution in [1.29, 1.82) is 0 Å². The lowest BCUT2D eigenvalue weighted by Crippen LogP contribution is -2.18. The Hall–Kier alpha value is -3.21. The first-order valence-corrected chi connectivity index (χ1v) is 12.7. The molecule has 4 rings (SSSR count). The third kappa shape index (κ3) is 6.71. The molecule has 0 bridgehead atoms. The molecule has 0 spiro atoms. The van der Waals surface area contributed by atoms with Gasteiger partial charge in [-0.15, -0.1) is 0 Å². The summed E-state index contributed by atoms with van der Waals surface area (Å²) in [5.41, 5.74) is 4.75. The standard InChI is InChI=1S/C31H31ClFNO2/c1-20(2)36-31(35)12-11-22-13-26(18-28(33)15-22)30-16-23(14-25-7-4-5-10-29(25)30)19-34-21(3)24-8-6-9-27(32)17-24/h4-10,13-18,20-21,34H,11-12,19H2,1-3H3. The van der Waals surface area contributed by atoms with Gasteiger partial charge in [-0.05, 0) is 102 Å². The monoisotopic (exact) mass is 503 g/mol. The third-order valence-electron chi connectivity index (χ3n) is 6.14. The van der Waals surface area contributed by atoms with E-state index >= 15 is 0 Å². The van der Waals surface area contributed by atoms with Gasteiger partial charge in [0.05, 0.1) is 6.10 Å². The van der Waals surface area contributed by atoms with Crippen molar-refractivity contribution in [3.63, 3.8) is 0 Å². The zero-order chi connectivity index (χ0) is 25.7. The maximum Gasteiger partial charge on any atom is 0.306 e. The quantitative estimate of drug-likeness (QED) is 0.235. The number of ether oxygens (including phenoxy) is 1. The van der Waals surface area contributed by atoms with Crippen molar-refractivity contribution in [3.05, 3.63) is 106 Å². The van der Waals surface area contributed by atoms with Crippen LogP contribution in [0, 0.1) is 5.82 Å². The Morgan fingerprint density at radius 2 is 1.75 bits per heavy atom. The molecule has 4 aromatic carbocycles. The third-order valence-corrected chi connectivity index (χ3v) is 6.37. The average Bonchev–Trinajstić information content (AvgIpc) is 2.85. The van der Waals surface area contributed by atoms with E-state index in [2.05, 4.69) is 42.6 Å². The molecule has 186 valence electrons. The molecule has 0 saturated heterocycles. The number of benzene rings is 4. The Kier molecular flexibility index (Phi) is 8.40. The van der Waals surface area contributed by atoms with E-state index in [-0.39, 0.29) is 30.4 Å². The van der Waals surface area contributed by atoms with Gasteiger partial charge in [-0.2, -0.15) is 0 Å². The normalized spacial score (nSPS) is 12.2. The van der Waals surface area contributed by atoms with Crippen molar-refractivity contribution in [1.82, 2.24) is 5.32 Å². The summed E-state index contributed by atoms with van der Waals surface area (Å²) >= 11 is 6.16. The van der Waals surface area contributed by atoms with Gasteiger partial charge in [0.15, 0.2) is 0 Å². The SMILES string of the molecule is CC(C)OC(=O)CCc1cc(F)cc(-c2cc(CNC(C)c3cccc(Cl)c3)cc3ccccc23)c1. The Morgan fingerprint density at radius 3 is 2.53 bits per heavy atom. The van der Waals surface area contributed by atoms with E-state index in [0.717, 1.165) is 38.6 Å². The summed E-state index contributed by atoms with van der Waals surface area (Å²) < 4.78 is 19.9. The first kappa shape index (κ1) is 25.9. The first-order chi connectivity index (χ1) is 17.3. The van der Waals surface area contributed by atoms with Gasteiger partial charge in [-0.3, -0.25) is 4.79 Å². The molecular weight excluding hydrogens is 473 g/mol. The lowest BCUT2D eigenvalue weighted by Gasteiger charge is -2.17. The van der Waals surface area contributed by atoms with Gasteiger partial charge >= 0.3 is 5.97 Å². The Labute approximate surface area is 217 Å². The summed E-state index contributed by atoms with van der Waals surface area (Å²) in [6.07, 6.45) is 0.477. The number of carbonyl (C=O) groups is 1. The molecule has 5 heteroatoms. The van der Waals surface area contributed by atoms with E-state index in [1.807, 2.05) is 50.2 Å². The molecule has 0 aromatic heterocycles. The highest BCUT2D eigenvalue weighted by Crippen LogP contribution is 2.32. The van der Waals surface area contributed by atoms with E-state index in [1.165, 1.54) is 6.07 Å². The number of nitrogens with one attached hydrogen (secondary N) is 1. The minimum Gasteiger partial charge on any atom is -0.463 e. The van der Waals surface area contributed by atoms with Gasteiger partial charge in [0.25, 0.3) is 0 Å². The number of esters is 1. The second-order valence-electron chi connectivity index (χ2n) is 9.41. The minimum atomic E-state index is -0.318. The van der Waals surface area contributed by atoms with Crippen LogP contribution in [-0.2, 0) is 22.5 Å². The zero-order valence-electron chi connectivity index (χ0n) is 20.9. The van der Waals surface area contributed by atoms with Gasteiger partial charge in [0.1, 0.15) is 5.82 Å². The van der Waals surface area contributed by atoms with Crippen LogP contribution in [0.1, 0.15) is 49.9 Å². The van der Waals surface area contributed by atoms with Crippen molar-refractivity contribution < 1.29 is 13.9 Å². The van der Waals surface area contributed by atoms with Crippen molar-refractivity contribution >= 4 is 28.3 Å². The van der Waals surface area contributed by atoms with E-state index in [0.29, 0.717) is 18.0 Å². The van der Waals surface area contributed by atoms with Crippen LogP contribution in [0.3, 0.4) is 0 Å². The van der Waals surface area contributed by atoms with Crippen LogP contribution < -0.4 is 5.32 Å². The second-order valence-corrected chi connectivity index (χ2v) is 9.85. The number of aryl methyl sites for hydroxylation is 1.